The van der Waals surface area contributed by atoms with E-state index in [2.05, 4.69) is 25.5 Å². The normalized spacial score (nSPS) is 11.9. The highest BCUT2D eigenvalue weighted by Crippen LogP contribution is 2.44. The molecular weight excluding hydrogens is 497 g/mol. The van der Waals surface area contributed by atoms with E-state index in [0.29, 0.717) is 29.1 Å². The number of primary amides is 1. The van der Waals surface area contributed by atoms with Crippen LogP contribution < -0.4 is 11.1 Å². The summed E-state index contributed by atoms with van der Waals surface area (Å²) < 4.78 is 44.2. The van der Waals surface area contributed by atoms with Crippen molar-refractivity contribution in [3.05, 3.63) is 58.7 Å². The number of anilines is 1. The number of nitrogens with two attached hydrogens (primary N) is 1. The van der Waals surface area contributed by atoms with Gasteiger partial charge in [0, 0.05) is 36.1 Å². The Bertz CT molecular complexity index is 1670. The molecule has 0 aliphatic heterocycles. The van der Waals surface area contributed by atoms with E-state index in [4.69, 9.17) is 5.73 Å². The number of hydrogen-bond donors (Lipinski definition) is 2. The van der Waals surface area contributed by atoms with Crippen LogP contribution in [0.4, 0.5) is 18.9 Å². The molecule has 0 saturated heterocycles. The Labute approximate surface area is 204 Å². The van der Waals surface area contributed by atoms with Crippen LogP contribution in [0.2, 0.25) is 0 Å². The number of hydrogen-bond acceptors (Lipinski definition) is 7. The lowest BCUT2D eigenvalue weighted by Gasteiger charge is -2.11. The Morgan fingerprint density at radius 3 is 2.69 bits per heavy atom. The maximum Gasteiger partial charge on any atom is 0.433 e. The van der Waals surface area contributed by atoms with E-state index in [0.717, 1.165) is 6.07 Å². The highest BCUT2D eigenvalue weighted by molar-refractivity contribution is 7.21. The topological polar surface area (TPSA) is 133 Å². The second-order valence-corrected chi connectivity index (χ2v) is 8.79. The predicted octanol–water partition coefficient (Wildman–Crippen LogP) is 3.90. The van der Waals surface area contributed by atoms with Crippen molar-refractivity contribution in [1.29, 1.82) is 0 Å². The first kappa shape index (κ1) is 23.4. The van der Waals surface area contributed by atoms with E-state index in [1.165, 1.54) is 16.9 Å². The summed E-state index contributed by atoms with van der Waals surface area (Å²) in [6.07, 6.45) is 1.24. The summed E-state index contributed by atoms with van der Waals surface area (Å²) in [5, 5.41) is 11.2. The summed E-state index contributed by atoms with van der Waals surface area (Å²) in [6.45, 7) is 3.99. The van der Waals surface area contributed by atoms with Gasteiger partial charge in [0.1, 0.15) is 21.0 Å². The van der Waals surface area contributed by atoms with Gasteiger partial charge in [0.05, 0.1) is 17.6 Å². The second-order valence-electron chi connectivity index (χ2n) is 7.79. The third-order valence-corrected chi connectivity index (χ3v) is 6.60. The van der Waals surface area contributed by atoms with E-state index >= 15 is 0 Å². The van der Waals surface area contributed by atoms with E-state index < -0.39 is 23.7 Å². The summed E-state index contributed by atoms with van der Waals surface area (Å²) in [6, 6.07) is 2.52. The number of fused-ring (bicyclic) bond motifs is 2. The number of carbonyl (C=O) groups excluding carboxylic acids is 2. The third-order valence-electron chi connectivity index (χ3n) is 5.50. The molecule has 184 valence electrons. The fraction of sp³-hybridized carbons (Fsp3) is 0.182. The van der Waals surface area contributed by atoms with Gasteiger partial charge in [0.2, 0.25) is 0 Å². The Hall–Kier alpha value is -4.33. The number of pyridine rings is 1. The summed E-state index contributed by atoms with van der Waals surface area (Å²) in [5.74, 6) is -1.59. The summed E-state index contributed by atoms with van der Waals surface area (Å²) in [7, 11) is 0. The Morgan fingerprint density at radius 1 is 1.25 bits per heavy atom. The van der Waals surface area contributed by atoms with Gasteiger partial charge in [0.25, 0.3) is 11.8 Å². The van der Waals surface area contributed by atoms with Crippen molar-refractivity contribution in [2.75, 3.05) is 5.32 Å². The molecule has 0 atom stereocenters. The van der Waals surface area contributed by atoms with Crippen LogP contribution in [-0.4, -0.2) is 41.2 Å². The molecule has 2 amide bonds. The van der Waals surface area contributed by atoms with E-state index in [9.17, 15) is 22.8 Å². The van der Waals surface area contributed by atoms with Crippen molar-refractivity contribution in [3.63, 3.8) is 0 Å². The predicted molar refractivity (Wildman–Crippen MR) is 126 cm³/mol. The number of nitrogens with zero attached hydrogens (tertiary/aromatic N) is 6. The maximum atomic E-state index is 13.7. The van der Waals surface area contributed by atoms with Crippen LogP contribution in [0.1, 0.15) is 38.3 Å². The molecule has 0 bridgehead atoms. The molecule has 3 N–H and O–H groups in total. The van der Waals surface area contributed by atoms with E-state index in [1.807, 2.05) is 6.92 Å². The minimum absolute atomic E-state index is 0.0392. The van der Waals surface area contributed by atoms with Crippen molar-refractivity contribution >= 4 is 44.7 Å². The lowest BCUT2D eigenvalue weighted by Crippen LogP contribution is -2.17. The summed E-state index contributed by atoms with van der Waals surface area (Å²) in [4.78, 5) is 33.2. The highest BCUT2D eigenvalue weighted by atomic mass is 32.1. The summed E-state index contributed by atoms with van der Waals surface area (Å²) >= 11 is 0.668. The number of carbonyl (C=O) groups is 2. The van der Waals surface area contributed by atoms with Gasteiger partial charge < -0.3 is 11.1 Å². The van der Waals surface area contributed by atoms with Crippen LogP contribution in [-0.2, 0) is 12.7 Å². The SMILES string of the molecule is CCn1cc(-c2cc(C(F)(F)F)nc3sc(C(N)=O)c(NC(=O)c4cnn5cccnc45)c23)c(C)n1. The largest absolute Gasteiger partial charge is 0.433 e. The van der Waals surface area contributed by atoms with Gasteiger partial charge in [-0.05, 0) is 31.5 Å². The van der Waals surface area contributed by atoms with Crippen LogP contribution in [0.3, 0.4) is 0 Å². The molecule has 5 aromatic rings. The van der Waals surface area contributed by atoms with Gasteiger partial charge >= 0.3 is 6.18 Å². The molecule has 10 nitrogen and oxygen atoms in total. The smallest absolute Gasteiger partial charge is 0.365 e. The molecule has 0 spiro atoms. The van der Waals surface area contributed by atoms with Gasteiger partial charge in [-0.15, -0.1) is 11.3 Å². The number of amides is 2. The zero-order chi connectivity index (χ0) is 25.8. The fourth-order valence-corrected chi connectivity index (χ4v) is 4.87. The molecule has 0 aromatic carbocycles. The Kier molecular flexibility index (Phi) is 5.47. The minimum Gasteiger partial charge on any atom is -0.365 e. The first-order valence-corrected chi connectivity index (χ1v) is 11.4. The molecule has 5 heterocycles. The monoisotopic (exact) mass is 514 g/mol. The Morgan fingerprint density at radius 2 is 2.03 bits per heavy atom. The van der Waals surface area contributed by atoms with Crippen LogP contribution in [0.5, 0.6) is 0 Å². The molecule has 0 radical (unpaired) electrons. The van der Waals surface area contributed by atoms with Gasteiger partial charge in [-0.2, -0.15) is 23.4 Å². The number of thiophene rings is 1. The molecule has 0 aliphatic rings. The van der Waals surface area contributed by atoms with Gasteiger partial charge in [-0.3, -0.25) is 14.3 Å². The van der Waals surface area contributed by atoms with Crippen LogP contribution in [0.25, 0.3) is 27.0 Å². The fourth-order valence-electron chi connectivity index (χ4n) is 3.86. The van der Waals surface area contributed by atoms with Crippen LogP contribution in [0.15, 0.2) is 36.9 Å². The van der Waals surface area contributed by atoms with Gasteiger partial charge in [-0.1, -0.05) is 0 Å². The lowest BCUT2D eigenvalue weighted by atomic mass is 10.0. The highest BCUT2D eigenvalue weighted by Gasteiger charge is 2.35. The minimum atomic E-state index is -4.75. The van der Waals surface area contributed by atoms with Crippen LogP contribution in [0, 0.1) is 6.92 Å². The molecule has 36 heavy (non-hydrogen) atoms. The maximum absolute atomic E-state index is 13.7. The number of halogens is 3. The number of alkyl halides is 3. The van der Waals surface area contributed by atoms with Gasteiger partial charge in [-0.25, -0.2) is 14.5 Å². The van der Waals surface area contributed by atoms with Crippen molar-refractivity contribution in [2.24, 2.45) is 5.73 Å². The molecule has 5 aromatic heterocycles. The number of aryl methyl sites for hydroxylation is 2. The van der Waals surface area contributed by atoms with E-state index in [1.54, 1.807) is 30.1 Å². The molecule has 0 fully saturated rings. The average molecular weight is 514 g/mol. The number of aromatic nitrogens is 6. The van der Waals surface area contributed by atoms with Crippen molar-refractivity contribution in [3.8, 4) is 11.1 Å². The van der Waals surface area contributed by atoms with Crippen LogP contribution >= 0.6 is 11.3 Å². The molecule has 0 aliphatic carbocycles. The average Bonchev–Trinajstić information content (AvgIpc) is 3.53. The van der Waals surface area contributed by atoms with Crippen molar-refractivity contribution in [1.82, 2.24) is 29.4 Å². The Balaban J connectivity index is 1.76. The zero-order valence-electron chi connectivity index (χ0n) is 18.8. The first-order chi connectivity index (χ1) is 17.1. The first-order valence-electron chi connectivity index (χ1n) is 10.6. The lowest BCUT2D eigenvalue weighted by molar-refractivity contribution is -0.140. The summed E-state index contributed by atoms with van der Waals surface area (Å²) in [5.41, 5.74) is 5.71. The van der Waals surface area contributed by atoms with Crippen molar-refractivity contribution in [2.45, 2.75) is 26.6 Å². The molecule has 5 rings (SSSR count). The van der Waals surface area contributed by atoms with E-state index in [-0.39, 0.29) is 37.6 Å². The molecule has 0 saturated carbocycles. The standard InChI is InChI=1S/C22H17F3N8O2S/c1-3-32-9-13(10(2)31-32)11-7-14(22(23,24)25)29-21-15(11)16(17(36-21)18(26)34)30-20(35)12-8-28-33-6-4-5-27-19(12)33/h4-9H,3H2,1-2H3,(H2,26,34)(H,30,35). The molecule has 14 heteroatoms. The molecular formula is C22H17F3N8O2S. The number of rotatable bonds is 5. The molecule has 0 unspecified atom stereocenters. The third kappa shape index (κ3) is 3.84. The zero-order valence-corrected chi connectivity index (χ0v) is 19.6. The number of nitrogens with one attached hydrogen (secondary N) is 1. The van der Waals surface area contributed by atoms with Gasteiger partial charge in [0.15, 0.2) is 5.65 Å². The van der Waals surface area contributed by atoms with Crippen molar-refractivity contribution < 1.29 is 22.8 Å². The second kappa shape index (κ2) is 8.41. The quantitative estimate of drug-likeness (QED) is 0.366.